The Bertz CT molecular complexity index is 325. The van der Waals surface area contributed by atoms with Gasteiger partial charge in [0.25, 0.3) is 0 Å². The molecule has 0 spiro atoms. The molecule has 0 aromatic carbocycles. The highest BCUT2D eigenvalue weighted by Gasteiger charge is 2.07. The quantitative estimate of drug-likeness (QED) is 0.598. The zero-order valence-electron chi connectivity index (χ0n) is 5.40. The van der Waals surface area contributed by atoms with E-state index in [4.69, 9.17) is 5.14 Å². The van der Waals surface area contributed by atoms with E-state index >= 15 is 0 Å². The minimum atomic E-state index is -3.53. The predicted octanol–water partition coefficient (Wildman–Crippen LogP) is -0.527. The van der Waals surface area contributed by atoms with E-state index in [9.17, 15) is 8.42 Å². The molecule has 55 valence electrons. The molecular formula is C5H7N2O2S. The highest BCUT2D eigenvalue weighted by molar-refractivity contribution is 7.89. The zero-order valence-corrected chi connectivity index (χ0v) is 6.22. The molecule has 0 unspecified atom stereocenters. The summed E-state index contributed by atoms with van der Waals surface area (Å²) in [4.78, 5) is 0.0926. The second-order valence-corrected chi connectivity index (χ2v) is 3.52. The van der Waals surface area contributed by atoms with Gasteiger partial charge in [-0.25, -0.2) is 13.6 Å². The second-order valence-electron chi connectivity index (χ2n) is 1.96. The van der Waals surface area contributed by atoms with Crippen molar-refractivity contribution in [2.45, 2.75) is 4.90 Å². The summed E-state index contributed by atoms with van der Waals surface area (Å²) in [7, 11) is -1.86. The van der Waals surface area contributed by atoms with Crippen LogP contribution in [-0.4, -0.2) is 13.0 Å². The summed E-state index contributed by atoms with van der Waals surface area (Å²) in [5.74, 6) is 0. The van der Waals surface area contributed by atoms with E-state index in [1.807, 2.05) is 0 Å². The van der Waals surface area contributed by atoms with Crippen molar-refractivity contribution in [2.24, 2.45) is 12.2 Å². The van der Waals surface area contributed by atoms with E-state index in [-0.39, 0.29) is 4.90 Å². The number of aromatic nitrogens is 1. The summed E-state index contributed by atoms with van der Waals surface area (Å²) in [6.07, 6.45) is 4.03. The first-order valence-electron chi connectivity index (χ1n) is 2.57. The molecule has 0 amide bonds. The molecule has 4 nitrogen and oxygen atoms in total. The van der Waals surface area contributed by atoms with Gasteiger partial charge in [0.05, 0.1) is 6.20 Å². The van der Waals surface area contributed by atoms with Crippen LogP contribution < -0.4 is 5.14 Å². The van der Waals surface area contributed by atoms with Gasteiger partial charge in [-0.15, -0.1) is 0 Å². The van der Waals surface area contributed by atoms with Crippen molar-refractivity contribution >= 4 is 10.0 Å². The summed E-state index contributed by atoms with van der Waals surface area (Å²) >= 11 is 0. The van der Waals surface area contributed by atoms with Crippen LogP contribution in [-0.2, 0) is 17.1 Å². The number of sulfonamides is 1. The third-order valence-electron chi connectivity index (χ3n) is 1.06. The minimum absolute atomic E-state index is 0.0926. The second kappa shape index (κ2) is 2.10. The van der Waals surface area contributed by atoms with Gasteiger partial charge in [-0.05, 0) is 6.07 Å². The fourth-order valence-electron chi connectivity index (χ4n) is 0.586. The molecule has 1 heterocycles. The lowest BCUT2D eigenvalue weighted by Crippen LogP contribution is -2.10. The zero-order chi connectivity index (χ0) is 7.78. The van der Waals surface area contributed by atoms with E-state index in [0.29, 0.717) is 0 Å². The van der Waals surface area contributed by atoms with Crippen LogP contribution in [0.3, 0.4) is 0 Å². The number of hydrogen-bond acceptors (Lipinski definition) is 2. The van der Waals surface area contributed by atoms with Gasteiger partial charge in [0, 0.05) is 13.2 Å². The number of nitrogens with zero attached hydrogens (tertiary/aromatic N) is 1. The van der Waals surface area contributed by atoms with E-state index in [1.165, 1.54) is 16.8 Å². The average Bonchev–Trinajstić information content (AvgIpc) is 2.11. The summed E-state index contributed by atoms with van der Waals surface area (Å²) in [5.41, 5.74) is 0. The van der Waals surface area contributed by atoms with Crippen LogP contribution in [0.2, 0.25) is 0 Å². The third-order valence-corrected chi connectivity index (χ3v) is 1.94. The summed E-state index contributed by atoms with van der Waals surface area (Å²) in [5, 5.41) is 4.81. The molecule has 0 atom stereocenters. The largest absolute Gasteiger partial charge is 0.348 e. The average molecular weight is 159 g/mol. The molecule has 0 aliphatic carbocycles. The van der Waals surface area contributed by atoms with Crippen molar-refractivity contribution in [1.29, 1.82) is 0 Å². The lowest BCUT2D eigenvalue weighted by Gasteiger charge is -1.88. The molecular weight excluding hydrogens is 152 g/mol. The Morgan fingerprint density at radius 1 is 1.70 bits per heavy atom. The molecule has 10 heavy (non-hydrogen) atoms. The molecule has 0 aliphatic heterocycles. The van der Waals surface area contributed by atoms with Crippen LogP contribution in [0.15, 0.2) is 17.2 Å². The first-order valence-corrected chi connectivity index (χ1v) is 4.11. The van der Waals surface area contributed by atoms with Crippen molar-refractivity contribution in [3.63, 3.8) is 0 Å². The molecule has 0 saturated heterocycles. The Kier molecular flexibility index (Phi) is 1.53. The fraction of sp³-hybridized carbons (Fsp3) is 0.200. The fourth-order valence-corrected chi connectivity index (χ4v) is 1.11. The van der Waals surface area contributed by atoms with E-state index in [2.05, 4.69) is 6.20 Å². The van der Waals surface area contributed by atoms with Gasteiger partial charge < -0.3 is 4.57 Å². The Morgan fingerprint density at radius 3 is 2.50 bits per heavy atom. The molecule has 2 N–H and O–H groups in total. The molecule has 0 saturated carbocycles. The number of primary sulfonamides is 1. The first kappa shape index (κ1) is 7.30. The van der Waals surface area contributed by atoms with E-state index in [1.54, 1.807) is 7.05 Å². The van der Waals surface area contributed by atoms with Crippen LogP contribution in [0, 0.1) is 6.20 Å². The van der Waals surface area contributed by atoms with Gasteiger partial charge in [0.2, 0.25) is 10.0 Å². The normalized spacial score (nSPS) is 11.8. The van der Waals surface area contributed by atoms with Gasteiger partial charge in [0.1, 0.15) is 4.90 Å². The van der Waals surface area contributed by atoms with Crippen LogP contribution in [0.25, 0.3) is 0 Å². The lowest BCUT2D eigenvalue weighted by atomic mass is 10.7. The minimum Gasteiger partial charge on any atom is -0.348 e. The summed E-state index contributed by atoms with van der Waals surface area (Å²) < 4.78 is 22.7. The molecule has 0 aliphatic rings. The number of hydrogen-bond donors (Lipinski definition) is 1. The van der Waals surface area contributed by atoms with Crippen LogP contribution in [0.1, 0.15) is 0 Å². The maximum absolute atomic E-state index is 10.6. The van der Waals surface area contributed by atoms with Gasteiger partial charge >= 0.3 is 0 Å². The Labute approximate surface area is 59.3 Å². The maximum Gasteiger partial charge on any atom is 0.239 e. The predicted molar refractivity (Wildman–Crippen MR) is 35.6 cm³/mol. The summed E-state index contributed by atoms with van der Waals surface area (Å²) in [6, 6.07) is 1.33. The number of rotatable bonds is 1. The van der Waals surface area contributed by atoms with E-state index in [0.717, 1.165) is 0 Å². The summed E-state index contributed by atoms with van der Waals surface area (Å²) in [6.45, 7) is 0. The molecule has 0 fully saturated rings. The van der Waals surface area contributed by atoms with Crippen molar-refractivity contribution in [1.82, 2.24) is 4.57 Å². The highest BCUT2D eigenvalue weighted by Crippen LogP contribution is 2.03. The van der Waals surface area contributed by atoms with Crippen LogP contribution in [0.5, 0.6) is 0 Å². The molecule has 1 rings (SSSR count). The molecule has 1 aromatic heterocycles. The third kappa shape index (κ3) is 1.37. The number of aryl methyl sites for hydroxylation is 1. The van der Waals surface area contributed by atoms with Crippen LogP contribution in [0.4, 0.5) is 0 Å². The van der Waals surface area contributed by atoms with Gasteiger partial charge in [-0.3, -0.25) is 0 Å². The maximum atomic E-state index is 10.6. The lowest BCUT2D eigenvalue weighted by molar-refractivity contribution is 0.597. The number of nitrogens with two attached hydrogens (primary N) is 1. The Balaban J connectivity index is 3.21. The van der Waals surface area contributed by atoms with Crippen molar-refractivity contribution in [3.05, 3.63) is 18.5 Å². The molecule has 5 heteroatoms. The smallest absolute Gasteiger partial charge is 0.239 e. The molecule has 1 aromatic rings. The Hall–Kier alpha value is -0.810. The standard InChI is InChI=1S/C5H7N2O2S/c1-7-3-2-5(4-7)10(6,8)9/h2,4H,1H3,(H2,6,8,9). The first-order chi connectivity index (χ1) is 4.50. The molecule has 0 bridgehead atoms. The Morgan fingerprint density at radius 2 is 2.30 bits per heavy atom. The topological polar surface area (TPSA) is 65.1 Å². The van der Waals surface area contributed by atoms with Gasteiger partial charge in [-0.2, -0.15) is 0 Å². The van der Waals surface area contributed by atoms with Crippen molar-refractivity contribution < 1.29 is 8.42 Å². The van der Waals surface area contributed by atoms with E-state index < -0.39 is 10.0 Å². The highest BCUT2D eigenvalue weighted by atomic mass is 32.2. The SMILES string of the molecule is Cn1[c]cc(S(N)(=O)=O)c1. The van der Waals surface area contributed by atoms with Crippen LogP contribution >= 0.6 is 0 Å². The molecule has 1 radical (unpaired) electrons. The van der Waals surface area contributed by atoms with Gasteiger partial charge in [-0.1, -0.05) is 0 Å². The van der Waals surface area contributed by atoms with Crippen molar-refractivity contribution in [2.75, 3.05) is 0 Å². The van der Waals surface area contributed by atoms with Gasteiger partial charge in [0.15, 0.2) is 0 Å². The monoisotopic (exact) mass is 159 g/mol. The van der Waals surface area contributed by atoms with Crippen molar-refractivity contribution in [3.8, 4) is 0 Å².